The number of hydrogen-bond donors (Lipinski definition) is 1. The van der Waals surface area contributed by atoms with Crippen LogP contribution in [0.4, 0.5) is 0 Å². The molecule has 0 amide bonds. The van der Waals surface area contributed by atoms with Crippen LogP contribution in [-0.2, 0) is 4.79 Å². The summed E-state index contributed by atoms with van der Waals surface area (Å²) in [5.74, 6) is 2.19. The summed E-state index contributed by atoms with van der Waals surface area (Å²) in [4.78, 5) is 11.9. The number of carboxylic acid groups (broad SMARTS) is 1. The molecule has 0 saturated heterocycles. The van der Waals surface area contributed by atoms with Crippen molar-refractivity contribution in [1.29, 1.82) is 0 Å². The van der Waals surface area contributed by atoms with E-state index < -0.39 is 5.97 Å². The third-order valence-corrected chi connectivity index (χ3v) is 6.09. The van der Waals surface area contributed by atoms with E-state index in [0.29, 0.717) is 11.8 Å². The highest BCUT2D eigenvalue weighted by molar-refractivity contribution is 5.75. The molecule has 2 aliphatic carbocycles. The maximum Gasteiger partial charge on any atom is 0.309 e. The van der Waals surface area contributed by atoms with Crippen molar-refractivity contribution in [1.82, 2.24) is 0 Å². The summed E-state index contributed by atoms with van der Waals surface area (Å²) in [6, 6.07) is 0. The fourth-order valence-corrected chi connectivity index (χ4v) is 4.43. The molecule has 2 saturated carbocycles. The van der Waals surface area contributed by atoms with Crippen molar-refractivity contribution in [2.45, 2.75) is 72.1 Å². The van der Waals surface area contributed by atoms with Crippen LogP contribution in [-0.4, -0.2) is 11.1 Å². The number of carboxylic acids is 1. The van der Waals surface area contributed by atoms with E-state index in [1.165, 1.54) is 12.8 Å². The van der Waals surface area contributed by atoms with Gasteiger partial charge in [-0.05, 0) is 62.2 Å². The van der Waals surface area contributed by atoms with Crippen molar-refractivity contribution < 1.29 is 9.90 Å². The number of rotatable bonds is 3. The summed E-state index contributed by atoms with van der Waals surface area (Å²) >= 11 is 0. The summed E-state index contributed by atoms with van der Waals surface area (Å²) in [5, 5.41) is 9.83. The number of aliphatic carboxylic acids is 1. The van der Waals surface area contributed by atoms with E-state index in [4.69, 9.17) is 0 Å². The number of hydrogen-bond acceptors (Lipinski definition) is 1. The SMILES string of the molecule is CC1CCC(C2(C(=O)O)CCC(C(C)C)CC2)CC1. The predicted molar refractivity (Wildman–Crippen MR) is 78.0 cm³/mol. The fourth-order valence-electron chi connectivity index (χ4n) is 4.43. The van der Waals surface area contributed by atoms with Crippen LogP contribution in [0.25, 0.3) is 0 Å². The van der Waals surface area contributed by atoms with Gasteiger partial charge in [0.1, 0.15) is 0 Å². The Morgan fingerprint density at radius 3 is 2.00 bits per heavy atom. The first-order chi connectivity index (χ1) is 8.95. The van der Waals surface area contributed by atoms with E-state index >= 15 is 0 Å². The standard InChI is InChI=1S/C17H30O2/c1-12(2)14-8-10-17(11-9-14,16(18)19)15-6-4-13(3)5-7-15/h12-15H,4-11H2,1-3H3,(H,18,19). The zero-order chi connectivity index (χ0) is 14.0. The van der Waals surface area contributed by atoms with Crippen molar-refractivity contribution in [3.8, 4) is 0 Å². The molecule has 0 aliphatic heterocycles. The van der Waals surface area contributed by atoms with Crippen molar-refractivity contribution in [3.63, 3.8) is 0 Å². The molecule has 2 fully saturated rings. The Morgan fingerprint density at radius 2 is 1.58 bits per heavy atom. The second-order valence-corrected chi connectivity index (χ2v) is 7.50. The second-order valence-electron chi connectivity index (χ2n) is 7.50. The monoisotopic (exact) mass is 266 g/mol. The lowest BCUT2D eigenvalue weighted by atomic mass is 9.58. The molecule has 0 atom stereocenters. The van der Waals surface area contributed by atoms with Crippen molar-refractivity contribution >= 4 is 5.97 Å². The van der Waals surface area contributed by atoms with Gasteiger partial charge in [-0.15, -0.1) is 0 Å². The van der Waals surface area contributed by atoms with E-state index in [2.05, 4.69) is 20.8 Å². The Morgan fingerprint density at radius 1 is 1.05 bits per heavy atom. The molecule has 2 aliphatic rings. The Kier molecular flexibility index (Phi) is 4.58. The second kappa shape index (κ2) is 5.85. The molecule has 2 heteroatoms. The average molecular weight is 266 g/mol. The van der Waals surface area contributed by atoms with Gasteiger partial charge in [0, 0.05) is 0 Å². The Hall–Kier alpha value is -0.530. The molecule has 0 unspecified atom stereocenters. The molecular formula is C17H30O2. The van der Waals surface area contributed by atoms with Crippen molar-refractivity contribution in [3.05, 3.63) is 0 Å². The van der Waals surface area contributed by atoms with Gasteiger partial charge in [-0.25, -0.2) is 0 Å². The van der Waals surface area contributed by atoms with E-state index in [-0.39, 0.29) is 5.41 Å². The van der Waals surface area contributed by atoms with Crippen molar-refractivity contribution in [2.75, 3.05) is 0 Å². The average Bonchev–Trinajstić information content (AvgIpc) is 2.39. The minimum Gasteiger partial charge on any atom is -0.481 e. The van der Waals surface area contributed by atoms with Crippen LogP contribution in [0.2, 0.25) is 0 Å². The van der Waals surface area contributed by atoms with Gasteiger partial charge in [-0.3, -0.25) is 4.79 Å². The zero-order valence-corrected chi connectivity index (χ0v) is 12.8. The Bertz CT molecular complexity index is 305. The molecule has 0 spiro atoms. The van der Waals surface area contributed by atoms with Gasteiger partial charge in [0.2, 0.25) is 0 Å². The first-order valence-electron chi connectivity index (χ1n) is 8.19. The lowest BCUT2D eigenvalue weighted by Crippen LogP contribution is -2.43. The lowest BCUT2D eigenvalue weighted by Gasteiger charge is -2.45. The molecule has 2 nitrogen and oxygen atoms in total. The maximum atomic E-state index is 11.9. The highest BCUT2D eigenvalue weighted by atomic mass is 16.4. The van der Waals surface area contributed by atoms with Gasteiger partial charge in [0.25, 0.3) is 0 Å². The van der Waals surface area contributed by atoms with Crippen LogP contribution in [0, 0.1) is 29.1 Å². The molecular weight excluding hydrogens is 236 g/mol. The molecule has 0 aromatic rings. The molecule has 0 aromatic heterocycles. The van der Waals surface area contributed by atoms with Crippen molar-refractivity contribution in [2.24, 2.45) is 29.1 Å². The molecule has 0 bridgehead atoms. The third kappa shape index (κ3) is 2.98. The van der Waals surface area contributed by atoms with Gasteiger partial charge in [0.15, 0.2) is 0 Å². The van der Waals surface area contributed by atoms with E-state index in [1.807, 2.05) is 0 Å². The summed E-state index contributed by atoms with van der Waals surface area (Å²) in [7, 11) is 0. The maximum absolute atomic E-state index is 11.9. The largest absolute Gasteiger partial charge is 0.481 e. The van der Waals surface area contributed by atoms with Crippen LogP contribution < -0.4 is 0 Å². The van der Waals surface area contributed by atoms with Crippen LogP contribution in [0.5, 0.6) is 0 Å². The van der Waals surface area contributed by atoms with Crippen LogP contribution in [0.15, 0.2) is 0 Å². The smallest absolute Gasteiger partial charge is 0.309 e. The first-order valence-corrected chi connectivity index (χ1v) is 8.19. The molecule has 0 heterocycles. The van der Waals surface area contributed by atoms with E-state index in [9.17, 15) is 9.90 Å². The minimum absolute atomic E-state index is 0.383. The Balaban J connectivity index is 2.06. The van der Waals surface area contributed by atoms with Crippen LogP contribution in [0.3, 0.4) is 0 Å². The molecule has 19 heavy (non-hydrogen) atoms. The van der Waals surface area contributed by atoms with Crippen LogP contribution >= 0.6 is 0 Å². The molecule has 110 valence electrons. The summed E-state index contributed by atoms with van der Waals surface area (Å²) in [5.41, 5.74) is -0.383. The van der Waals surface area contributed by atoms with E-state index in [1.54, 1.807) is 0 Å². The first kappa shape index (κ1) is 14.9. The van der Waals surface area contributed by atoms with Gasteiger partial charge in [-0.2, -0.15) is 0 Å². The summed E-state index contributed by atoms with van der Waals surface area (Å²) in [6.07, 6.45) is 8.82. The zero-order valence-electron chi connectivity index (χ0n) is 12.8. The lowest BCUT2D eigenvalue weighted by molar-refractivity contribution is -0.158. The fraction of sp³-hybridized carbons (Fsp3) is 0.941. The summed E-state index contributed by atoms with van der Waals surface area (Å²) < 4.78 is 0. The normalized spacial score (nSPS) is 40.3. The topological polar surface area (TPSA) is 37.3 Å². The predicted octanol–water partition coefficient (Wildman–Crippen LogP) is 4.73. The van der Waals surface area contributed by atoms with E-state index in [0.717, 1.165) is 50.4 Å². The third-order valence-electron chi connectivity index (χ3n) is 6.09. The summed E-state index contributed by atoms with van der Waals surface area (Å²) in [6.45, 7) is 6.86. The minimum atomic E-state index is -0.505. The molecule has 0 radical (unpaired) electrons. The quantitative estimate of drug-likeness (QED) is 0.801. The molecule has 1 N–H and O–H groups in total. The highest BCUT2D eigenvalue weighted by Crippen LogP contribution is 2.51. The van der Waals surface area contributed by atoms with Gasteiger partial charge >= 0.3 is 5.97 Å². The number of carbonyl (C=O) groups is 1. The molecule has 0 aromatic carbocycles. The van der Waals surface area contributed by atoms with Gasteiger partial charge < -0.3 is 5.11 Å². The van der Waals surface area contributed by atoms with Gasteiger partial charge in [-0.1, -0.05) is 33.6 Å². The highest BCUT2D eigenvalue weighted by Gasteiger charge is 2.48. The Labute approximate surface area is 118 Å². The molecule has 2 rings (SSSR count). The van der Waals surface area contributed by atoms with Crippen LogP contribution in [0.1, 0.15) is 72.1 Å². The van der Waals surface area contributed by atoms with Gasteiger partial charge in [0.05, 0.1) is 5.41 Å².